The second-order valence-corrected chi connectivity index (χ2v) is 5.23. The number of carbonyl (C=O) groups is 1. The summed E-state index contributed by atoms with van der Waals surface area (Å²) in [6.07, 6.45) is 0.994. The Balaban J connectivity index is 1.79. The van der Waals surface area contributed by atoms with Crippen molar-refractivity contribution in [2.24, 2.45) is 0 Å². The van der Waals surface area contributed by atoms with Crippen LogP contribution in [0, 0.1) is 0 Å². The Morgan fingerprint density at radius 2 is 1.67 bits per heavy atom. The summed E-state index contributed by atoms with van der Waals surface area (Å²) in [5.41, 5.74) is 0.667. The summed E-state index contributed by atoms with van der Waals surface area (Å²) in [6, 6.07) is 17.0. The molecule has 2 rings (SSSR count). The Labute approximate surface area is 143 Å². The van der Waals surface area contributed by atoms with Crippen LogP contribution in [-0.2, 0) is 4.79 Å². The Morgan fingerprint density at radius 1 is 0.958 bits per heavy atom. The molecule has 0 atom stereocenters. The summed E-state index contributed by atoms with van der Waals surface area (Å²) in [4.78, 5) is 11.9. The number of anilines is 1. The summed E-state index contributed by atoms with van der Waals surface area (Å²) in [5.74, 6) is 1.36. The summed E-state index contributed by atoms with van der Waals surface area (Å²) >= 11 is 0. The molecule has 0 unspecified atom stereocenters. The van der Waals surface area contributed by atoms with Gasteiger partial charge in [0.05, 0.1) is 12.2 Å². The third-order valence-electron chi connectivity index (χ3n) is 3.23. The van der Waals surface area contributed by atoms with Crippen molar-refractivity contribution in [3.8, 4) is 11.5 Å². The van der Waals surface area contributed by atoms with Crippen molar-refractivity contribution in [3.05, 3.63) is 54.6 Å². The fraction of sp³-hybridized carbons (Fsp3) is 0.316. The normalized spacial score (nSPS) is 10.2. The highest BCUT2D eigenvalue weighted by Gasteiger charge is 2.07. The maximum absolute atomic E-state index is 11.9. The fourth-order valence-corrected chi connectivity index (χ4v) is 2.10. The Bertz CT molecular complexity index is 617. The number of rotatable bonds is 10. The van der Waals surface area contributed by atoms with Crippen molar-refractivity contribution in [1.29, 1.82) is 0 Å². The molecule has 2 N–H and O–H groups in total. The average Bonchev–Trinajstić information content (AvgIpc) is 2.61. The molecular weight excluding hydrogens is 304 g/mol. The van der Waals surface area contributed by atoms with E-state index in [1.807, 2.05) is 54.6 Å². The molecule has 0 aliphatic carbocycles. The van der Waals surface area contributed by atoms with Gasteiger partial charge in [-0.05, 0) is 37.2 Å². The quantitative estimate of drug-likeness (QED) is 0.658. The molecule has 0 aromatic heterocycles. The van der Waals surface area contributed by atoms with Crippen LogP contribution < -0.4 is 20.1 Å². The Hall–Kier alpha value is -2.53. The van der Waals surface area contributed by atoms with Crippen LogP contribution in [0.15, 0.2) is 54.6 Å². The molecule has 0 aliphatic rings. The zero-order valence-electron chi connectivity index (χ0n) is 14.0. The van der Waals surface area contributed by atoms with Crippen LogP contribution >= 0.6 is 0 Å². The maximum atomic E-state index is 11.9. The van der Waals surface area contributed by atoms with E-state index in [1.165, 1.54) is 0 Å². The summed E-state index contributed by atoms with van der Waals surface area (Å²) < 4.78 is 11.3. The maximum Gasteiger partial charge on any atom is 0.238 e. The third-order valence-corrected chi connectivity index (χ3v) is 3.23. The first-order valence-electron chi connectivity index (χ1n) is 8.20. The van der Waals surface area contributed by atoms with Crippen LogP contribution in [0.5, 0.6) is 11.5 Å². The van der Waals surface area contributed by atoms with Gasteiger partial charge in [0.1, 0.15) is 24.7 Å². The molecule has 24 heavy (non-hydrogen) atoms. The van der Waals surface area contributed by atoms with Crippen LogP contribution in [0.1, 0.15) is 13.3 Å². The lowest BCUT2D eigenvalue weighted by atomic mass is 10.3. The zero-order valence-corrected chi connectivity index (χ0v) is 14.0. The van der Waals surface area contributed by atoms with Crippen LogP contribution in [0.4, 0.5) is 5.69 Å². The van der Waals surface area contributed by atoms with E-state index in [2.05, 4.69) is 17.6 Å². The van der Waals surface area contributed by atoms with Gasteiger partial charge in [0, 0.05) is 0 Å². The molecule has 2 aromatic carbocycles. The predicted molar refractivity (Wildman–Crippen MR) is 95.7 cm³/mol. The minimum atomic E-state index is -0.0833. The van der Waals surface area contributed by atoms with Crippen molar-refractivity contribution in [3.63, 3.8) is 0 Å². The third kappa shape index (κ3) is 6.30. The van der Waals surface area contributed by atoms with Crippen LogP contribution in [0.3, 0.4) is 0 Å². The van der Waals surface area contributed by atoms with Gasteiger partial charge in [0.25, 0.3) is 0 Å². The number of carbonyl (C=O) groups excluding carboxylic acids is 1. The van der Waals surface area contributed by atoms with Gasteiger partial charge >= 0.3 is 0 Å². The summed E-state index contributed by atoms with van der Waals surface area (Å²) in [7, 11) is 0. The smallest absolute Gasteiger partial charge is 0.238 e. The highest BCUT2D eigenvalue weighted by molar-refractivity contribution is 5.93. The van der Waals surface area contributed by atoms with Crippen LogP contribution in [0.25, 0.3) is 0 Å². The zero-order chi connectivity index (χ0) is 17.0. The van der Waals surface area contributed by atoms with Crippen molar-refractivity contribution < 1.29 is 14.3 Å². The van der Waals surface area contributed by atoms with E-state index >= 15 is 0 Å². The minimum Gasteiger partial charge on any atom is -0.490 e. The average molecular weight is 328 g/mol. The van der Waals surface area contributed by atoms with Gasteiger partial charge in [-0.15, -0.1) is 0 Å². The summed E-state index contributed by atoms with van der Waals surface area (Å²) in [6.45, 7) is 4.01. The molecule has 0 saturated carbocycles. The van der Waals surface area contributed by atoms with Crippen LogP contribution in [-0.4, -0.2) is 32.2 Å². The lowest BCUT2D eigenvalue weighted by Gasteiger charge is -2.13. The molecule has 2 aromatic rings. The summed E-state index contributed by atoms with van der Waals surface area (Å²) in [5, 5.41) is 5.93. The first-order valence-corrected chi connectivity index (χ1v) is 8.20. The van der Waals surface area contributed by atoms with Gasteiger partial charge in [0.2, 0.25) is 5.91 Å². The molecule has 128 valence electrons. The van der Waals surface area contributed by atoms with Gasteiger partial charge in [-0.1, -0.05) is 37.3 Å². The lowest BCUT2D eigenvalue weighted by molar-refractivity contribution is -0.115. The number of nitrogens with one attached hydrogen (secondary N) is 2. The molecule has 0 heterocycles. The van der Waals surface area contributed by atoms with Crippen molar-refractivity contribution in [1.82, 2.24) is 5.32 Å². The van der Waals surface area contributed by atoms with E-state index in [0.29, 0.717) is 31.2 Å². The molecule has 0 bridgehead atoms. The number of hydrogen-bond donors (Lipinski definition) is 2. The molecule has 5 nitrogen and oxygen atoms in total. The van der Waals surface area contributed by atoms with Crippen molar-refractivity contribution in [2.75, 3.05) is 31.6 Å². The molecule has 0 saturated heterocycles. The van der Waals surface area contributed by atoms with Crippen LogP contribution in [0.2, 0.25) is 0 Å². The SMILES string of the molecule is CCCNCC(=O)Nc1ccccc1OCCOc1ccccc1. The van der Waals surface area contributed by atoms with E-state index in [0.717, 1.165) is 18.7 Å². The highest BCUT2D eigenvalue weighted by atomic mass is 16.5. The second-order valence-electron chi connectivity index (χ2n) is 5.23. The molecule has 0 radical (unpaired) electrons. The van der Waals surface area contributed by atoms with Crippen molar-refractivity contribution >= 4 is 11.6 Å². The van der Waals surface area contributed by atoms with E-state index in [1.54, 1.807) is 0 Å². The van der Waals surface area contributed by atoms with Gasteiger partial charge in [-0.2, -0.15) is 0 Å². The number of amides is 1. The van der Waals surface area contributed by atoms with Crippen molar-refractivity contribution in [2.45, 2.75) is 13.3 Å². The molecule has 0 spiro atoms. The molecule has 1 amide bonds. The fourth-order valence-electron chi connectivity index (χ4n) is 2.10. The van der Waals surface area contributed by atoms with E-state index < -0.39 is 0 Å². The Morgan fingerprint density at radius 3 is 2.46 bits per heavy atom. The van der Waals surface area contributed by atoms with E-state index in [-0.39, 0.29) is 5.91 Å². The van der Waals surface area contributed by atoms with Gasteiger partial charge in [-0.3, -0.25) is 4.79 Å². The van der Waals surface area contributed by atoms with Gasteiger partial charge in [0.15, 0.2) is 0 Å². The number of para-hydroxylation sites is 3. The molecule has 0 aliphatic heterocycles. The minimum absolute atomic E-state index is 0.0833. The predicted octanol–water partition coefficient (Wildman–Crippen LogP) is 3.08. The highest BCUT2D eigenvalue weighted by Crippen LogP contribution is 2.23. The second kappa shape index (κ2) is 10.3. The van der Waals surface area contributed by atoms with Gasteiger partial charge < -0.3 is 20.1 Å². The van der Waals surface area contributed by atoms with E-state index in [4.69, 9.17) is 9.47 Å². The molecule has 5 heteroatoms. The number of benzene rings is 2. The Kier molecular flexibility index (Phi) is 7.63. The first kappa shape index (κ1) is 17.8. The molecule has 0 fully saturated rings. The topological polar surface area (TPSA) is 59.6 Å². The monoisotopic (exact) mass is 328 g/mol. The number of hydrogen-bond acceptors (Lipinski definition) is 4. The number of ether oxygens (including phenoxy) is 2. The lowest BCUT2D eigenvalue weighted by Crippen LogP contribution is -2.28. The van der Waals surface area contributed by atoms with Gasteiger partial charge in [-0.25, -0.2) is 0 Å². The molecular formula is C19H24N2O3. The standard InChI is InChI=1S/C19H24N2O3/c1-2-12-20-15-19(22)21-17-10-6-7-11-18(17)24-14-13-23-16-8-4-3-5-9-16/h3-11,20H,2,12-15H2,1H3,(H,21,22). The largest absolute Gasteiger partial charge is 0.490 e. The first-order chi connectivity index (χ1) is 11.8. The van der Waals surface area contributed by atoms with E-state index in [9.17, 15) is 4.79 Å².